The molecular weight excluding hydrogens is 192 g/mol. The van der Waals surface area contributed by atoms with Crippen LogP contribution in [0.3, 0.4) is 0 Å². The first-order valence-corrected chi connectivity index (χ1v) is 5.58. The molecule has 1 rings (SSSR count). The van der Waals surface area contributed by atoms with E-state index in [0.717, 1.165) is 25.9 Å². The molecule has 4 heteroatoms. The molecule has 0 aliphatic carbocycles. The first-order valence-electron chi connectivity index (χ1n) is 5.58. The molecule has 4 nitrogen and oxygen atoms in total. The molecule has 0 spiro atoms. The van der Waals surface area contributed by atoms with E-state index in [1.165, 1.54) is 0 Å². The molecule has 0 aromatic rings. The topological polar surface area (TPSA) is 55.6 Å². The smallest absolute Gasteiger partial charge is 0.224 e. The molecule has 1 heterocycles. The summed E-state index contributed by atoms with van der Waals surface area (Å²) >= 11 is 0. The lowest BCUT2D eigenvalue weighted by Crippen LogP contribution is -2.44. The Morgan fingerprint density at radius 2 is 2.07 bits per heavy atom. The number of rotatable bonds is 4. The van der Waals surface area contributed by atoms with E-state index in [0.29, 0.717) is 19.6 Å². The summed E-state index contributed by atoms with van der Waals surface area (Å²) in [4.78, 5) is 13.6. The standard InChI is InChI=1S/C11H22N2O2/c1-11(9-12)4-6-13(7-5-11)10(14)3-8-15-2/h3-9,12H2,1-2H3. The summed E-state index contributed by atoms with van der Waals surface area (Å²) in [6, 6.07) is 0. The number of nitrogens with zero attached hydrogens (tertiary/aromatic N) is 1. The highest BCUT2D eigenvalue weighted by Crippen LogP contribution is 2.29. The number of hydrogen-bond donors (Lipinski definition) is 1. The van der Waals surface area contributed by atoms with Gasteiger partial charge in [-0.15, -0.1) is 0 Å². The first kappa shape index (κ1) is 12.5. The van der Waals surface area contributed by atoms with Gasteiger partial charge in [-0.2, -0.15) is 0 Å². The molecule has 0 bridgehead atoms. The van der Waals surface area contributed by atoms with Crippen LogP contribution >= 0.6 is 0 Å². The minimum Gasteiger partial charge on any atom is -0.384 e. The van der Waals surface area contributed by atoms with E-state index in [1.54, 1.807) is 7.11 Å². The van der Waals surface area contributed by atoms with Crippen LogP contribution in [0, 0.1) is 5.41 Å². The molecule has 0 radical (unpaired) electrons. The van der Waals surface area contributed by atoms with Gasteiger partial charge in [0, 0.05) is 20.2 Å². The van der Waals surface area contributed by atoms with Crippen molar-refractivity contribution < 1.29 is 9.53 Å². The van der Waals surface area contributed by atoms with Crippen LogP contribution in [0.4, 0.5) is 0 Å². The maximum atomic E-state index is 11.7. The molecule has 1 amide bonds. The summed E-state index contributed by atoms with van der Waals surface area (Å²) in [7, 11) is 1.62. The molecule has 0 aromatic carbocycles. The first-order chi connectivity index (χ1) is 7.11. The van der Waals surface area contributed by atoms with Gasteiger partial charge >= 0.3 is 0 Å². The van der Waals surface area contributed by atoms with Crippen LogP contribution in [-0.2, 0) is 9.53 Å². The number of carbonyl (C=O) groups is 1. The second kappa shape index (κ2) is 5.47. The third kappa shape index (κ3) is 3.47. The van der Waals surface area contributed by atoms with Gasteiger partial charge in [0.25, 0.3) is 0 Å². The molecule has 1 fully saturated rings. The number of piperidine rings is 1. The molecule has 0 saturated carbocycles. The number of amides is 1. The minimum absolute atomic E-state index is 0.205. The highest BCUT2D eigenvalue weighted by Gasteiger charge is 2.30. The monoisotopic (exact) mass is 214 g/mol. The van der Waals surface area contributed by atoms with Crippen molar-refractivity contribution in [1.82, 2.24) is 4.90 Å². The van der Waals surface area contributed by atoms with Crippen molar-refractivity contribution in [3.05, 3.63) is 0 Å². The molecule has 15 heavy (non-hydrogen) atoms. The molecule has 0 aromatic heterocycles. The van der Waals surface area contributed by atoms with Gasteiger partial charge in [-0.05, 0) is 24.8 Å². The van der Waals surface area contributed by atoms with Crippen molar-refractivity contribution in [2.45, 2.75) is 26.2 Å². The molecule has 0 unspecified atom stereocenters. The van der Waals surface area contributed by atoms with Crippen molar-refractivity contribution in [3.8, 4) is 0 Å². The summed E-state index contributed by atoms with van der Waals surface area (Å²) in [6.45, 7) is 5.12. The highest BCUT2D eigenvalue weighted by atomic mass is 16.5. The maximum Gasteiger partial charge on any atom is 0.224 e. The van der Waals surface area contributed by atoms with Gasteiger partial charge in [-0.1, -0.05) is 6.92 Å². The Hall–Kier alpha value is -0.610. The van der Waals surface area contributed by atoms with Gasteiger partial charge in [0.2, 0.25) is 5.91 Å². The second-order valence-corrected chi connectivity index (χ2v) is 4.64. The van der Waals surface area contributed by atoms with Crippen molar-refractivity contribution in [1.29, 1.82) is 0 Å². The number of nitrogens with two attached hydrogens (primary N) is 1. The van der Waals surface area contributed by atoms with Gasteiger partial charge in [0.05, 0.1) is 13.0 Å². The quantitative estimate of drug-likeness (QED) is 0.746. The normalized spacial score (nSPS) is 20.3. The Morgan fingerprint density at radius 1 is 1.47 bits per heavy atom. The molecule has 1 saturated heterocycles. The molecular formula is C11H22N2O2. The zero-order valence-electron chi connectivity index (χ0n) is 9.79. The molecule has 1 aliphatic heterocycles. The van der Waals surface area contributed by atoms with Crippen molar-refractivity contribution in [2.24, 2.45) is 11.1 Å². The van der Waals surface area contributed by atoms with Crippen LogP contribution in [-0.4, -0.2) is 44.2 Å². The van der Waals surface area contributed by atoms with E-state index in [9.17, 15) is 4.79 Å². The lowest BCUT2D eigenvalue weighted by molar-refractivity contribution is -0.134. The Labute approximate surface area is 91.8 Å². The predicted molar refractivity (Wildman–Crippen MR) is 59.5 cm³/mol. The summed E-state index contributed by atoms with van der Waals surface area (Å²) in [5.41, 5.74) is 5.95. The zero-order valence-corrected chi connectivity index (χ0v) is 9.79. The maximum absolute atomic E-state index is 11.7. The summed E-state index contributed by atoms with van der Waals surface area (Å²) in [6.07, 6.45) is 2.53. The molecule has 0 atom stereocenters. The fraction of sp³-hybridized carbons (Fsp3) is 0.909. The second-order valence-electron chi connectivity index (χ2n) is 4.64. The van der Waals surface area contributed by atoms with E-state index < -0.39 is 0 Å². The van der Waals surface area contributed by atoms with E-state index in [2.05, 4.69) is 6.92 Å². The van der Waals surface area contributed by atoms with Gasteiger partial charge in [-0.3, -0.25) is 4.79 Å². The Kier molecular flexibility index (Phi) is 4.54. The van der Waals surface area contributed by atoms with Crippen LogP contribution in [0.1, 0.15) is 26.2 Å². The summed E-state index contributed by atoms with van der Waals surface area (Å²) in [5.74, 6) is 0.205. The fourth-order valence-corrected chi connectivity index (χ4v) is 1.85. The van der Waals surface area contributed by atoms with Gasteiger partial charge in [0.15, 0.2) is 0 Å². The van der Waals surface area contributed by atoms with Crippen LogP contribution in [0.25, 0.3) is 0 Å². The van der Waals surface area contributed by atoms with Crippen molar-refractivity contribution in [3.63, 3.8) is 0 Å². The molecule has 1 aliphatic rings. The summed E-state index contributed by atoms with van der Waals surface area (Å²) < 4.78 is 4.90. The van der Waals surface area contributed by atoms with Crippen molar-refractivity contribution >= 4 is 5.91 Å². The number of carbonyl (C=O) groups excluding carboxylic acids is 1. The minimum atomic E-state index is 0.205. The van der Waals surface area contributed by atoms with Gasteiger partial charge in [0.1, 0.15) is 0 Å². The van der Waals surface area contributed by atoms with E-state index in [-0.39, 0.29) is 11.3 Å². The number of methoxy groups -OCH3 is 1. The average Bonchev–Trinajstić information content (AvgIpc) is 2.27. The van der Waals surface area contributed by atoms with E-state index >= 15 is 0 Å². The Bertz CT molecular complexity index is 211. The van der Waals surface area contributed by atoms with Crippen molar-refractivity contribution in [2.75, 3.05) is 33.4 Å². The summed E-state index contributed by atoms with van der Waals surface area (Å²) in [5, 5.41) is 0. The van der Waals surface area contributed by atoms with Gasteiger partial charge in [-0.25, -0.2) is 0 Å². The highest BCUT2D eigenvalue weighted by molar-refractivity contribution is 5.76. The van der Waals surface area contributed by atoms with Crippen LogP contribution < -0.4 is 5.73 Å². The van der Waals surface area contributed by atoms with Crippen LogP contribution in [0.5, 0.6) is 0 Å². The molecule has 88 valence electrons. The van der Waals surface area contributed by atoms with E-state index in [4.69, 9.17) is 10.5 Å². The molecule has 2 N–H and O–H groups in total. The predicted octanol–water partition coefficient (Wildman–Crippen LogP) is 0.610. The Morgan fingerprint density at radius 3 is 2.53 bits per heavy atom. The lowest BCUT2D eigenvalue weighted by Gasteiger charge is -2.38. The third-order valence-electron chi connectivity index (χ3n) is 3.34. The third-order valence-corrected chi connectivity index (χ3v) is 3.34. The number of likely N-dealkylation sites (tertiary alicyclic amines) is 1. The van der Waals surface area contributed by atoms with E-state index in [1.807, 2.05) is 4.90 Å². The van der Waals surface area contributed by atoms with Crippen LogP contribution in [0.15, 0.2) is 0 Å². The lowest BCUT2D eigenvalue weighted by atomic mass is 9.80. The number of hydrogen-bond acceptors (Lipinski definition) is 3. The Balaban J connectivity index is 2.33. The SMILES string of the molecule is COCCC(=O)N1CCC(C)(CN)CC1. The average molecular weight is 214 g/mol. The number of ether oxygens (including phenoxy) is 1. The van der Waals surface area contributed by atoms with Gasteiger partial charge < -0.3 is 15.4 Å². The fourth-order valence-electron chi connectivity index (χ4n) is 1.85. The van der Waals surface area contributed by atoms with Crippen LogP contribution in [0.2, 0.25) is 0 Å². The zero-order chi connectivity index (χ0) is 11.3. The largest absolute Gasteiger partial charge is 0.384 e.